The van der Waals surface area contributed by atoms with Gasteiger partial charge in [0.05, 0.1) is 29.8 Å². The van der Waals surface area contributed by atoms with Gasteiger partial charge in [-0.1, -0.05) is 0 Å². The zero-order valence-electron chi connectivity index (χ0n) is 23.4. The number of carbonyl (C=O) groups is 4. The molecule has 0 aromatic rings. The molecule has 0 radical (unpaired) electrons. The Morgan fingerprint density at radius 2 is 1.07 bits per heavy atom. The third-order valence-electron chi connectivity index (χ3n) is 10.0. The van der Waals surface area contributed by atoms with Gasteiger partial charge < -0.3 is 24.8 Å². The minimum Gasteiger partial charge on any atom is -0.481 e. The molecule has 3 N–H and O–H groups in total. The first-order chi connectivity index (χ1) is 19.5. The van der Waals surface area contributed by atoms with E-state index in [1.54, 1.807) is 0 Å². The molecule has 0 bridgehead atoms. The molecule has 230 valence electrons. The second kappa shape index (κ2) is 13.9. The molecule has 6 unspecified atom stereocenters. The number of carboxylic acid groups (broad SMARTS) is 2. The van der Waals surface area contributed by atoms with Gasteiger partial charge in [0.25, 0.3) is 0 Å². The van der Waals surface area contributed by atoms with Gasteiger partial charge in [0.15, 0.2) is 0 Å². The monoisotopic (exact) mass is 581 g/mol. The molecule has 0 aromatic heterocycles. The van der Waals surface area contributed by atoms with Crippen LogP contribution in [0.15, 0.2) is 0 Å². The minimum absolute atomic E-state index is 0.0983. The van der Waals surface area contributed by atoms with Gasteiger partial charge in [-0.25, -0.2) is 0 Å². The standard InChI is InChI=1S/C29H43NO11/c31-19-6-12-23(27(34)35)25(15-19)29(37)41-21-9-3-17(4-10-21)13-16-1-7-20(8-2-16)40-28(36)24-14-18(30(38)39)5-11-22(24)26(32)33/h16-25,31H,1-15H2,(H,32,33)(H,34,35). The largest absolute Gasteiger partial charge is 0.481 e. The van der Waals surface area contributed by atoms with Gasteiger partial charge in [-0.3, -0.25) is 29.3 Å². The Morgan fingerprint density at radius 1 is 0.634 bits per heavy atom. The number of nitrogens with zero attached hydrogens (tertiary/aromatic N) is 1. The average Bonchev–Trinajstić information content (AvgIpc) is 2.94. The van der Waals surface area contributed by atoms with Gasteiger partial charge in [0.1, 0.15) is 12.2 Å². The van der Waals surface area contributed by atoms with Crippen molar-refractivity contribution < 1.29 is 48.9 Å². The molecule has 0 amide bonds. The molecule has 41 heavy (non-hydrogen) atoms. The molecular formula is C29H43NO11. The van der Waals surface area contributed by atoms with E-state index in [0.29, 0.717) is 31.1 Å². The third-order valence-corrected chi connectivity index (χ3v) is 10.0. The van der Waals surface area contributed by atoms with Crippen LogP contribution in [0.5, 0.6) is 0 Å². The van der Waals surface area contributed by atoms with Crippen LogP contribution < -0.4 is 0 Å². The van der Waals surface area contributed by atoms with Crippen LogP contribution in [0.2, 0.25) is 0 Å². The van der Waals surface area contributed by atoms with Crippen LogP contribution in [0.4, 0.5) is 0 Å². The Morgan fingerprint density at radius 3 is 1.51 bits per heavy atom. The van der Waals surface area contributed by atoms with Gasteiger partial charge in [-0.05, 0) is 95.3 Å². The van der Waals surface area contributed by atoms with Crippen molar-refractivity contribution in [1.29, 1.82) is 0 Å². The molecule has 4 saturated carbocycles. The highest BCUT2D eigenvalue weighted by molar-refractivity contribution is 5.82. The predicted octanol–water partition coefficient (Wildman–Crippen LogP) is 3.59. The topological polar surface area (TPSA) is 191 Å². The molecule has 4 fully saturated rings. The molecule has 4 rings (SSSR count). The van der Waals surface area contributed by atoms with Crippen LogP contribution in [-0.2, 0) is 28.7 Å². The number of hydrogen-bond donors (Lipinski definition) is 3. The molecule has 12 heteroatoms. The van der Waals surface area contributed by atoms with Gasteiger partial charge in [0.2, 0.25) is 6.04 Å². The zero-order valence-corrected chi connectivity index (χ0v) is 23.4. The van der Waals surface area contributed by atoms with Gasteiger partial charge >= 0.3 is 23.9 Å². The van der Waals surface area contributed by atoms with E-state index >= 15 is 0 Å². The van der Waals surface area contributed by atoms with E-state index in [1.165, 1.54) is 0 Å². The molecule has 4 aliphatic carbocycles. The van der Waals surface area contributed by atoms with Crippen LogP contribution in [0.1, 0.15) is 96.3 Å². The van der Waals surface area contributed by atoms with Crippen LogP contribution in [0.25, 0.3) is 0 Å². The summed E-state index contributed by atoms with van der Waals surface area (Å²) in [5, 5.41) is 40.1. The van der Waals surface area contributed by atoms with Crippen molar-refractivity contribution in [2.24, 2.45) is 35.5 Å². The summed E-state index contributed by atoms with van der Waals surface area (Å²) >= 11 is 0. The van der Waals surface area contributed by atoms with E-state index in [0.717, 1.165) is 44.9 Å². The van der Waals surface area contributed by atoms with Crippen molar-refractivity contribution in [3.05, 3.63) is 10.1 Å². The molecule has 0 aromatic carbocycles. The van der Waals surface area contributed by atoms with Crippen molar-refractivity contribution in [2.75, 3.05) is 0 Å². The quantitative estimate of drug-likeness (QED) is 0.205. The van der Waals surface area contributed by atoms with Crippen LogP contribution in [0, 0.1) is 45.6 Å². The van der Waals surface area contributed by atoms with E-state index in [9.17, 15) is 44.6 Å². The average molecular weight is 582 g/mol. The normalized spacial score (nSPS) is 37.9. The number of hydrogen-bond acceptors (Lipinski definition) is 9. The first-order valence-electron chi connectivity index (χ1n) is 15.2. The maximum absolute atomic E-state index is 12.8. The minimum atomic E-state index is -1.11. The summed E-state index contributed by atoms with van der Waals surface area (Å²) in [6, 6.07) is -0.917. The first-order valence-corrected chi connectivity index (χ1v) is 15.2. The van der Waals surface area contributed by atoms with Crippen molar-refractivity contribution in [1.82, 2.24) is 0 Å². The summed E-state index contributed by atoms with van der Waals surface area (Å²) < 4.78 is 11.4. The van der Waals surface area contributed by atoms with Gasteiger partial charge in [-0.2, -0.15) is 0 Å². The lowest BCUT2D eigenvalue weighted by Gasteiger charge is -2.35. The second-order valence-corrected chi connectivity index (χ2v) is 12.7. The smallest absolute Gasteiger partial charge is 0.310 e. The summed E-state index contributed by atoms with van der Waals surface area (Å²) in [6.07, 6.45) is 7.20. The van der Waals surface area contributed by atoms with Crippen LogP contribution in [-0.4, -0.2) is 68.5 Å². The maximum atomic E-state index is 12.8. The number of esters is 2. The van der Waals surface area contributed by atoms with Crippen molar-refractivity contribution in [3.63, 3.8) is 0 Å². The van der Waals surface area contributed by atoms with E-state index in [2.05, 4.69) is 0 Å². The molecule has 0 saturated heterocycles. The van der Waals surface area contributed by atoms with Crippen molar-refractivity contribution >= 4 is 23.9 Å². The lowest BCUT2D eigenvalue weighted by atomic mass is 9.76. The Hall–Kier alpha value is -2.76. The van der Waals surface area contributed by atoms with Crippen molar-refractivity contribution in [2.45, 2.75) is 121 Å². The lowest BCUT2D eigenvalue weighted by Crippen LogP contribution is -2.42. The van der Waals surface area contributed by atoms with E-state index < -0.39 is 64.6 Å². The Bertz CT molecular complexity index is 970. The fourth-order valence-electron chi connectivity index (χ4n) is 7.55. The lowest BCUT2D eigenvalue weighted by molar-refractivity contribution is -0.528. The number of carboxylic acids is 2. The highest BCUT2D eigenvalue weighted by Gasteiger charge is 2.45. The number of aliphatic carboxylic acids is 2. The fraction of sp³-hybridized carbons (Fsp3) is 0.862. The maximum Gasteiger partial charge on any atom is 0.310 e. The Labute approximate surface area is 239 Å². The van der Waals surface area contributed by atoms with Crippen molar-refractivity contribution in [3.8, 4) is 0 Å². The number of carbonyl (C=O) groups excluding carboxylic acids is 2. The molecular weight excluding hydrogens is 538 g/mol. The summed E-state index contributed by atoms with van der Waals surface area (Å²) in [5.74, 6) is -5.84. The fourth-order valence-corrected chi connectivity index (χ4v) is 7.55. The van der Waals surface area contributed by atoms with Crippen LogP contribution in [0.3, 0.4) is 0 Å². The molecule has 6 atom stereocenters. The number of nitro groups is 1. The van der Waals surface area contributed by atoms with E-state index in [-0.39, 0.29) is 44.3 Å². The summed E-state index contributed by atoms with van der Waals surface area (Å²) in [5.41, 5.74) is 0. The van der Waals surface area contributed by atoms with E-state index in [1.807, 2.05) is 0 Å². The molecule has 4 aliphatic rings. The number of rotatable bonds is 9. The van der Waals surface area contributed by atoms with Crippen LogP contribution >= 0.6 is 0 Å². The number of aliphatic hydroxyl groups is 1. The summed E-state index contributed by atoms with van der Waals surface area (Å²) in [6.45, 7) is 0. The molecule has 0 heterocycles. The second-order valence-electron chi connectivity index (χ2n) is 12.7. The van der Waals surface area contributed by atoms with Gasteiger partial charge in [-0.15, -0.1) is 0 Å². The summed E-state index contributed by atoms with van der Waals surface area (Å²) in [7, 11) is 0. The van der Waals surface area contributed by atoms with Gasteiger partial charge in [0, 0.05) is 17.8 Å². The molecule has 0 spiro atoms. The Balaban J connectivity index is 1.17. The number of aliphatic hydroxyl groups excluding tert-OH is 1. The predicted molar refractivity (Wildman–Crippen MR) is 142 cm³/mol. The highest BCUT2D eigenvalue weighted by Crippen LogP contribution is 2.39. The highest BCUT2D eigenvalue weighted by atomic mass is 16.6. The SMILES string of the molecule is O=C(O)C1CCC(O)CC1C(=O)OC1CCC(CC2CCC(OC(=O)C3CC([N+](=O)[O-])CCC3C(=O)O)CC2)CC1. The third kappa shape index (κ3) is 8.17. The first kappa shape index (κ1) is 31.2. The Kier molecular flexibility index (Phi) is 10.6. The van der Waals surface area contributed by atoms with E-state index in [4.69, 9.17) is 9.47 Å². The number of ether oxygens (including phenoxy) is 2. The summed E-state index contributed by atoms with van der Waals surface area (Å²) in [4.78, 5) is 59.6. The molecule has 12 nitrogen and oxygen atoms in total. The molecule has 0 aliphatic heterocycles. The zero-order chi connectivity index (χ0) is 29.7.